The van der Waals surface area contributed by atoms with Crippen LogP contribution >= 0.6 is 15.9 Å². The highest BCUT2D eigenvalue weighted by Gasteiger charge is 2.17. The highest BCUT2D eigenvalue weighted by atomic mass is 79.9. The van der Waals surface area contributed by atoms with Crippen LogP contribution in [0.15, 0.2) is 17.0 Å². The Morgan fingerprint density at radius 2 is 2.18 bits per heavy atom. The summed E-state index contributed by atoms with van der Waals surface area (Å²) in [6.45, 7) is 1.73. The number of halogens is 1. The van der Waals surface area contributed by atoms with Crippen molar-refractivity contribution in [1.82, 2.24) is 9.97 Å². The summed E-state index contributed by atoms with van der Waals surface area (Å²) in [5.74, 6) is -1.53. The van der Waals surface area contributed by atoms with Gasteiger partial charge in [-0.05, 0) is 22.9 Å². The summed E-state index contributed by atoms with van der Waals surface area (Å²) in [6, 6.07) is 0. The van der Waals surface area contributed by atoms with E-state index in [1.807, 2.05) is 0 Å². The first-order valence-electron chi connectivity index (χ1n) is 4.56. The van der Waals surface area contributed by atoms with Gasteiger partial charge in [-0.3, -0.25) is 9.52 Å². The number of aromatic nitrogens is 2. The topological polar surface area (TPSA) is 98.2 Å². The molecule has 0 unspecified atom stereocenters. The molecule has 0 spiro atoms. The summed E-state index contributed by atoms with van der Waals surface area (Å²) < 4.78 is 30.1. The average Bonchev–Trinajstić information content (AvgIpc) is 2.20. The van der Waals surface area contributed by atoms with Crippen molar-refractivity contribution in [2.24, 2.45) is 0 Å². The Morgan fingerprint density at radius 3 is 2.71 bits per heavy atom. The molecule has 1 rings (SSSR count). The van der Waals surface area contributed by atoms with E-state index in [1.165, 1.54) is 12.4 Å². The maximum atomic E-state index is 11.5. The number of nitrogens with one attached hydrogen (secondary N) is 1. The number of esters is 1. The molecule has 0 radical (unpaired) electrons. The van der Waals surface area contributed by atoms with E-state index in [9.17, 15) is 13.2 Å². The van der Waals surface area contributed by atoms with Crippen LogP contribution in [-0.2, 0) is 19.6 Å². The van der Waals surface area contributed by atoms with Crippen molar-refractivity contribution in [3.63, 3.8) is 0 Å². The number of hydrogen-bond acceptors (Lipinski definition) is 6. The fourth-order valence-electron chi connectivity index (χ4n) is 0.918. The molecule has 1 aromatic heterocycles. The lowest BCUT2D eigenvalue weighted by Crippen LogP contribution is -2.24. The summed E-state index contributed by atoms with van der Waals surface area (Å²) in [4.78, 5) is 18.6. The van der Waals surface area contributed by atoms with Gasteiger partial charge in [-0.2, -0.15) is 0 Å². The summed E-state index contributed by atoms with van der Waals surface area (Å²) in [5.41, 5.74) is 0. The van der Waals surface area contributed by atoms with Gasteiger partial charge >= 0.3 is 5.97 Å². The molecule has 0 amide bonds. The number of ether oxygens (including phenoxy) is 1. The molecule has 0 aliphatic heterocycles. The van der Waals surface area contributed by atoms with Gasteiger partial charge in [0.15, 0.2) is 11.6 Å². The van der Waals surface area contributed by atoms with E-state index < -0.39 is 21.7 Å². The van der Waals surface area contributed by atoms with Crippen LogP contribution in [0.25, 0.3) is 0 Å². The largest absolute Gasteiger partial charge is 0.465 e. The van der Waals surface area contributed by atoms with Crippen molar-refractivity contribution in [3.8, 4) is 0 Å². The SMILES string of the molecule is CCOC(=O)CS(=O)(=O)Nc1cnc(Br)cn1. The summed E-state index contributed by atoms with van der Waals surface area (Å²) >= 11 is 3.06. The molecule has 0 aliphatic rings. The van der Waals surface area contributed by atoms with Crippen LogP contribution in [-0.4, -0.2) is 36.7 Å². The van der Waals surface area contributed by atoms with Gasteiger partial charge in [0.2, 0.25) is 10.0 Å². The lowest BCUT2D eigenvalue weighted by Gasteiger charge is -2.06. The van der Waals surface area contributed by atoms with E-state index in [2.05, 4.69) is 35.4 Å². The van der Waals surface area contributed by atoms with Crippen molar-refractivity contribution < 1.29 is 17.9 Å². The van der Waals surface area contributed by atoms with Crippen LogP contribution in [0, 0.1) is 0 Å². The van der Waals surface area contributed by atoms with E-state index in [4.69, 9.17) is 0 Å². The van der Waals surface area contributed by atoms with Gasteiger partial charge < -0.3 is 4.74 Å². The summed E-state index contributed by atoms with van der Waals surface area (Å²) in [6.07, 6.45) is 2.56. The minimum atomic E-state index is -3.81. The lowest BCUT2D eigenvalue weighted by molar-refractivity contribution is -0.139. The van der Waals surface area contributed by atoms with Gasteiger partial charge in [0.1, 0.15) is 4.60 Å². The van der Waals surface area contributed by atoms with Crippen molar-refractivity contribution in [3.05, 3.63) is 17.0 Å². The molecular formula is C8H10BrN3O4S. The molecule has 0 fully saturated rings. The van der Waals surface area contributed by atoms with Gasteiger partial charge in [-0.15, -0.1) is 0 Å². The maximum Gasteiger partial charge on any atom is 0.323 e. The third kappa shape index (κ3) is 5.09. The Labute approximate surface area is 107 Å². The molecule has 9 heteroatoms. The van der Waals surface area contributed by atoms with Crippen LogP contribution in [0.1, 0.15) is 6.92 Å². The Balaban J connectivity index is 2.66. The lowest BCUT2D eigenvalue weighted by atomic mass is 10.7. The fraction of sp³-hybridized carbons (Fsp3) is 0.375. The van der Waals surface area contributed by atoms with Gasteiger partial charge in [-0.25, -0.2) is 18.4 Å². The molecule has 0 saturated heterocycles. The van der Waals surface area contributed by atoms with E-state index in [1.54, 1.807) is 6.92 Å². The third-order valence-electron chi connectivity index (χ3n) is 1.49. The quantitative estimate of drug-likeness (QED) is 0.794. The van der Waals surface area contributed by atoms with Gasteiger partial charge in [-0.1, -0.05) is 0 Å². The monoisotopic (exact) mass is 323 g/mol. The summed E-state index contributed by atoms with van der Waals surface area (Å²) in [5, 5.41) is 0. The average molecular weight is 324 g/mol. The highest BCUT2D eigenvalue weighted by Crippen LogP contribution is 2.08. The highest BCUT2D eigenvalue weighted by molar-refractivity contribution is 9.10. The van der Waals surface area contributed by atoms with Gasteiger partial charge in [0, 0.05) is 0 Å². The van der Waals surface area contributed by atoms with Gasteiger partial charge in [0.25, 0.3) is 0 Å². The molecule has 0 bridgehead atoms. The third-order valence-corrected chi connectivity index (χ3v) is 3.04. The zero-order chi connectivity index (χ0) is 12.9. The molecule has 0 aliphatic carbocycles. The van der Waals surface area contributed by atoms with Crippen molar-refractivity contribution in [2.75, 3.05) is 17.1 Å². The maximum absolute atomic E-state index is 11.5. The zero-order valence-electron chi connectivity index (χ0n) is 8.88. The van der Waals surface area contributed by atoms with Crippen LogP contribution in [0.5, 0.6) is 0 Å². The number of carbonyl (C=O) groups excluding carboxylic acids is 1. The van der Waals surface area contributed by atoms with E-state index >= 15 is 0 Å². The Hall–Kier alpha value is -1.22. The second kappa shape index (κ2) is 5.92. The van der Waals surface area contributed by atoms with Crippen LogP contribution in [0.4, 0.5) is 5.82 Å². The van der Waals surface area contributed by atoms with E-state index in [0.717, 1.165) is 0 Å². The fourth-order valence-corrected chi connectivity index (χ4v) is 2.01. The van der Waals surface area contributed by atoms with Crippen molar-refractivity contribution in [2.45, 2.75) is 6.92 Å². The number of anilines is 1. The summed E-state index contributed by atoms with van der Waals surface area (Å²) in [7, 11) is -3.81. The predicted molar refractivity (Wildman–Crippen MR) is 63.8 cm³/mol. The predicted octanol–water partition coefficient (Wildman–Crippen LogP) is 0.544. The Morgan fingerprint density at radius 1 is 1.47 bits per heavy atom. The number of hydrogen-bond donors (Lipinski definition) is 1. The molecule has 0 saturated carbocycles. The molecule has 0 aromatic carbocycles. The minimum Gasteiger partial charge on any atom is -0.465 e. The number of sulfonamides is 1. The standard InChI is InChI=1S/C8H10BrN3O4S/c1-2-16-8(13)5-17(14,15)12-7-4-10-6(9)3-11-7/h3-4H,2,5H2,1H3,(H,11,12). The van der Waals surface area contributed by atoms with Gasteiger partial charge in [0.05, 0.1) is 19.0 Å². The molecule has 17 heavy (non-hydrogen) atoms. The molecule has 1 N–H and O–H groups in total. The van der Waals surface area contributed by atoms with Crippen molar-refractivity contribution in [1.29, 1.82) is 0 Å². The zero-order valence-corrected chi connectivity index (χ0v) is 11.3. The Kier molecular flexibility index (Phi) is 4.82. The Bertz CT molecular complexity index is 488. The van der Waals surface area contributed by atoms with Crippen LogP contribution in [0.3, 0.4) is 0 Å². The van der Waals surface area contributed by atoms with Crippen molar-refractivity contribution >= 4 is 37.7 Å². The minimum absolute atomic E-state index is 0.0394. The second-order valence-corrected chi connectivity index (χ2v) is 5.43. The molecule has 1 heterocycles. The first-order valence-corrected chi connectivity index (χ1v) is 7.01. The first kappa shape index (κ1) is 13.8. The molecule has 94 valence electrons. The number of nitrogens with zero attached hydrogens (tertiary/aromatic N) is 2. The molecule has 1 aromatic rings. The van der Waals surface area contributed by atoms with E-state index in [0.29, 0.717) is 4.60 Å². The van der Waals surface area contributed by atoms with E-state index in [-0.39, 0.29) is 12.4 Å². The number of carbonyl (C=O) groups is 1. The number of rotatable bonds is 5. The molecule has 7 nitrogen and oxygen atoms in total. The molecule has 0 atom stereocenters. The molecular weight excluding hydrogens is 314 g/mol. The first-order chi connectivity index (χ1) is 7.93. The van der Waals surface area contributed by atoms with Crippen LogP contribution in [0.2, 0.25) is 0 Å². The smallest absolute Gasteiger partial charge is 0.323 e. The van der Waals surface area contributed by atoms with Crippen LogP contribution < -0.4 is 4.72 Å². The normalized spacial score (nSPS) is 10.9. The second-order valence-electron chi connectivity index (χ2n) is 2.89.